The van der Waals surface area contributed by atoms with Gasteiger partial charge in [0.05, 0.1) is 17.0 Å². The molecule has 1 atom stereocenters. The van der Waals surface area contributed by atoms with Crippen LogP contribution in [0.25, 0.3) is 0 Å². The molecular weight excluding hydrogens is 324 g/mol. The number of hydrogen-bond acceptors (Lipinski definition) is 5. The number of aromatic hydroxyl groups is 2. The molecule has 0 saturated heterocycles. The first-order valence-corrected chi connectivity index (χ1v) is 7.75. The maximum atomic E-state index is 12.8. The lowest BCUT2D eigenvalue weighted by atomic mass is 9.79. The minimum Gasteiger partial charge on any atom is -0.507 e. The summed E-state index contributed by atoms with van der Waals surface area (Å²) in [5, 5.41) is 30.0. The van der Waals surface area contributed by atoms with E-state index in [1.807, 2.05) is 0 Å². The van der Waals surface area contributed by atoms with Gasteiger partial charge in [0.15, 0.2) is 5.78 Å². The third kappa shape index (κ3) is 2.38. The molecule has 2 aromatic carbocycles. The Morgan fingerprint density at radius 1 is 0.920 bits per heavy atom. The lowest BCUT2D eigenvalue weighted by Crippen LogP contribution is -2.23. The topological polar surface area (TPSA) is 112 Å². The number of aliphatic carboxylic acids is 1. The van der Waals surface area contributed by atoms with E-state index in [0.29, 0.717) is 0 Å². The number of phenolic OH excluding ortho intramolecular Hbond substituents is 2. The number of ketones is 2. The van der Waals surface area contributed by atoms with Crippen LogP contribution in [-0.2, 0) is 4.79 Å². The van der Waals surface area contributed by atoms with E-state index in [9.17, 15) is 29.7 Å². The first-order chi connectivity index (χ1) is 11.8. The highest BCUT2D eigenvalue weighted by molar-refractivity contribution is 6.30. The summed E-state index contributed by atoms with van der Waals surface area (Å²) in [7, 11) is 0. The van der Waals surface area contributed by atoms with Gasteiger partial charge in [-0.15, -0.1) is 0 Å². The van der Waals surface area contributed by atoms with Crippen LogP contribution >= 0.6 is 0 Å². The third-order valence-electron chi connectivity index (χ3n) is 4.46. The summed E-state index contributed by atoms with van der Waals surface area (Å²) in [6.45, 7) is 3.37. The molecule has 25 heavy (non-hydrogen) atoms. The second-order valence-corrected chi connectivity index (χ2v) is 6.34. The summed E-state index contributed by atoms with van der Waals surface area (Å²) in [6, 6.07) is 6.89. The van der Waals surface area contributed by atoms with Crippen molar-refractivity contribution in [3.63, 3.8) is 0 Å². The molecule has 6 heteroatoms. The molecule has 0 bridgehead atoms. The maximum Gasteiger partial charge on any atom is 0.311 e. The molecule has 0 spiro atoms. The molecule has 2 aromatic rings. The fourth-order valence-corrected chi connectivity index (χ4v) is 3.29. The minimum atomic E-state index is -1.14. The van der Waals surface area contributed by atoms with Gasteiger partial charge in [-0.1, -0.05) is 32.0 Å². The van der Waals surface area contributed by atoms with E-state index in [4.69, 9.17) is 0 Å². The molecule has 0 aliphatic heterocycles. The summed E-state index contributed by atoms with van der Waals surface area (Å²) in [6.07, 6.45) is 0. The number of phenols is 2. The zero-order chi connectivity index (χ0) is 18.5. The van der Waals surface area contributed by atoms with Crippen molar-refractivity contribution in [2.45, 2.75) is 19.8 Å². The Morgan fingerprint density at radius 3 is 2.16 bits per heavy atom. The Balaban J connectivity index is 2.28. The van der Waals surface area contributed by atoms with Gasteiger partial charge >= 0.3 is 5.97 Å². The Morgan fingerprint density at radius 2 is 1.56 bits per heavy atom. The van der Waals surface area contributed by atoms with Gasteiger partial charge in [-0.25, -0.2) is 0 Å². The van der Waals surface area contributed by atoms with Crippen LogP contribution in [0.3, 0.4) is 0 Å². The molecule has 128 valence electrons. The Hall–Kier alpha value is -3.15. The Bertz CT molecular complexity index is 926. The van der Waals surface area contributed by atoms with Crippen LogP contribution in [0.2, 0.25) is 0 Å². The Kier molecular flexibility index (Phi) is 3.83. The zero-order valence-corrected chi connectivity index (χ0v) is 13.6. The molecule has 0 amide bonds. The number of carbonyl (C=O) groups is 3. The molecule has 3 N–H and O–H groups in total. The van der Waals surface area contributed by atoms with Gasteiger partial charge in [-0.05, 0) is 18.1 Å². The molecule has 1 unspecified atom stereocenters. The van der Waals surface area contributed by atoms with Crippen LogP contribution in [-0.4, -0.2) is 32.9 Å². The van der Waals surface area contributed by atoms with Gasteiger partial charge < -0.3 is 15.3 Å². The van der Waals surface area contributed by atoms with Crippen molar-refractivity contribution in [1.82, 2.24) is 0 Å². The predicted molar refractivity (Wildman–Crippen MR) is 88.3 cm³/mol. The molecule has 6 nitrogen and oxygen atoms in total. The molecule has 0 heterocycles. The molecule has 0 aromatic heterocycles. The van der Waals surface area contributed by atoms with E-state index in [2.05, 4.69) is 0 Å². The maximum absolute atomic E-state index is 12.8. The minimum absolute atomic E-state index is 0.00255. The van der Waals surface area contributed by atoms with Crippen molar-refractivity contribution in [2.75, 3.05) is 0 Å². The number of hydrogen-bond donors (Lipinski definition) is 3. The number of rotatable bonds is 3. The van der Waals surface area contributed by atoms with Crippen LogP contribution in [0.1, 0.15) is 57.2 Å². The number of fused-ring (bicyclic) bond motifs is 2. The van der Waals surface area contributed by atoms with Crippen molar-refractivity contribution in [3.8, 4) is 11.5 Å². The fraction of sp³-hybridized carbons (Fsp3) is 0.211. The lowest BCUT2D eigenvalue weighted by Gasteiger charge is -2.23. The van der Waals surface area contributed by atoms with Gasteiger partial charge in [-0.2, -0.15) is 0 Å². The van der Waals surface area contributed by atoms with E-state index in [1.54, 1.807) is 13.8 Å². The summed E-state index contributed by atoms with van der Waals surface area (Å²) >= 11 is 0. The largest absolute Gasteiger partial charge is 0.507 e. The highest BCUT2D eigenvalue weighted by Gasteiger charge is 2.37. The van der Waals surface area contributed by atoms with Crippen LogP contribution in [0.15, 0.2) is 30.3 Å². The summed E-state index contributed by atoms with van der Waals surface area (Å²) in [4.78, 5) is 37.0. The van der Waals surface area contributed by atoms with Gasteiger partial charge in [0.25, 0.3) is 0 Å². The summed E-state index contributed by atoms with van der Waals surface area (Å²) < 4.78 is 0. The molecule has 0 radical (unpaired) electrons. The molecule has 0 saturated carbocycles. The number of carboxylic acid groups (broad SMARTS) is 1. The fourth-order valence-electron chi connectivity index (χ4n) is 3.29. The van der Waals surface area contributed by atoms with Crippen LogP contribution in [0, 0.1) is 5.92 Å². The normalized spacial score (nSPS) is 14.2. The second kappa shape index (κ2) is 5.73. The zero-order valence-electron chi connectivity index (χ0n) is 13.6. The molecular formula is C19H16O6. The molecule has 1 aliphatic rings. The third-order valence-corrected chi connectivity index (χ3v) is 4.46. The van der Waals surface area contributed by atoms with Crippen molar-refractivity contribution in [2.24, 2.45) is 5.92 Å². The van der Waals surface area contributed by atoms with Crippen molar-refractivity contribution in [1.29, 1.82) is 0 Å². The Labute approximate surface area is 143 Å². The van der Waals surface area contributed by atoms with Gasteiger partial charge in [0.1, 0.15) is 11.5 Å². The van der Waals surface area contributed by atoms with E-state index in [-0.39, 0.29) is 39.5 Å². The average molecular weight is 340 g/mol. The smallest absolute Gasteiger partial charge is 0.311 e. The van der Waals surface area contributed by atoms with E-state index in [0.717, 1.165) is 0 Å². The van der Waals surface area contributed by atoms with Crippen molar-refractivity contribution >= 4 is 17.5 Å². The predicted octanol–water partition coefficient (Wildman–Crippen LogP) is 2.70. The van der Waals surface area contributed by atoms with E-state index < -0.39 is 29.2 Å². The average Bonchev–Trinajstić information content (AvgIpc) is 2.53. The SMILES string of the molecule is CC(C)C(C(=O)O)c1ccc2c(c1O)C(=O)c1c(O)cccc1C2=O. The molecule has 0 fully saturated rings. The van der Waals surface area contributed by atoms with Gasteiger partial charge in [0, 0.05) is 16.7 Å². The van der Waals surface area contributed by atoms with Crippen LogP contribution < -0.4 is 0 Å². The van der Waals surface area contributed by atoms with Crippen LogP contribution in [0.4, 0.5) is 0 Å². The summed E-state index contributed by atoms with van der Waals surface area (Å²) in [5.41, 5.74) is -0.311. The second-order valence-electron chi connectivity index (χ2n) is 6.34. The number of carbonyl (C=O) groups excluding carboxylic acids is 2. The highest BCUT2D eigenvalue weighted by Crippen LogP contribution is 2.41. The monoisotopic (exact) mass is 340 g/mol. The quantitative estimate of drug-likeness (QED) is 0.676. The van der Waals surface area contributed by atoms with Crippen molar-refractivity contribution in [3.05, 3.63) is 58.1 Å². The van der Waals surface area contributed by atoms with E-state index in [1.165, 1.54) is 30.3 Å². The lowest BCUT2D eigenvalue weighted by molar-refractivity contribution is -0.139. The molecule has 3 rings (SSSR count). The first kappa shape index (κ1) is 16.7. The van der Waals surface area contributed by atoms with Crippen LogP contribution in [0.5, 0.6) is 11.5 Å². The van der Waals surface area contributed by atoms with Gasteiger partial charge in [0.2, 0.25) is 5.78 Å². The summed E-state index contributed by atoms with van der Waals surface area (Å²) in [5.74, 6) is -4.58. The van der Waals surface area contributed by atoms with E-state index >= 15 is 0 Å². The van der Waals surface area contributed by atoms with Gasteiger partial charge in [-0.3, -0.25) is 14.4 Å². The first-order valence-electron chi connectivity index (χ1n) is 7.75. The standard InChI is InChI=1S/C19H16O6/c1-8(2)13(19(24)25)10-6-7-11-15(17(10)22)18(23)14-9(16(11)21)4-3-5-12(14)20/h3-8,13,20,22H,1-2H3,(H,24,25). The number of carboxylic acids is 1. The number of benzene rings is 2. The van der Waals surface area contributed by atoms with Crippen molar-refractivity contribution < 1.29 is 29.7 Å². The highest BCUT2D eigenvalue weighted by atomic mass is 16.4. The molecule has 1 aliphatic carbocycles.